The molecule has 9 nitrogen and oxygen atoms in total. The van der Waals surface area contributed by atoms with Crippen molar-refractivity contribution in [2.24, 2.45) is 0 Å². The summed E-state index contributed by atoms with van der Waals surface area (Å²) in [5.41, 5.74) is 1.74. The molecule has 3 aromatic heterocycles. The smallest absolute Gasteiger partial charge is 0.246 e. The number of nitrogens with one attached hydrogen (secondary N) is 2. The summed E-state index contributed by atoms with van der Waals surface area (Å²) in [7, 11) is 0. The molecule has 10 heteroatoms. The van der Waals surface area contributed by atoms with E-state index in [1.165, 1.54) is 6.08 Å². The van der Waals surface area contributed by atoms with Crippen LogP contribution in [0.4, 0.5) is 17.5 Å². The molecule has 0 bridgehead atoms. The Morgan fingerprint density at radius 3 is 3.00 bits per heavy atom. The van der Waals surface area contributed by atoms with Gasteiger partial charge in [0.2, 0.25) is 11.9 Å². The van der Waals surface area contributed by atoms with Crippen molar-refractivity contribution in [1.82, 2.24) is 24.6 Å². The van der Waals surface area contributed by atoms with Gasteiger partial charge in [-0.05, 0) is 36.8 Å². The maximum Gasteiger partial charge on any atom is 0.246 e. The molecule has 1 atom stereocenters. The number of thiophene rings is 1. The maximum atomic E-state index is 11.9. The highest BCUT2D eigenvalue weighted by Gasteiger charge is 2.26. The van der Waals surface area contributed by atoms with Crippen LogP contribution in [0.25, 0.3) is 10.2 Å². The standard InChI is InChI=1S/C21H25N7O2S/c1-2-18(29)27-7-3-14(12-27)23-20-19-17(6-10-31-19)25-21(26-20)24-15-11-22-28(13-15)16-4-8-30-9-5-16/h2,6,10-11,13-14,16H,1,3-5,7-9,12H2,(H2,23,24,25,26)/t14-/m1/s1. The monoisotopic (exact) mass is 439 g/mol. The number of nitrogens with zero attached hydrogens (tertiary/aromatic N) is 5. The van der Waals surface area contributed by atoms with Crippen LogP contribution in [0.2, 0.25) is 0 Å². The van der Waals surface area contributed by atoms with Gasteiger partial charge in [-0.25, -0.2) is 4.98 Å². The highest BCUT2D eigenvalue weighted by Crippen LogP contribution is 2.30. The quantitative estimate of drug-likeness (QED) is 0.569. The molecule has 31 heavy (non-hydrogen) atoms. The van der Waals surface area contributed by atoms with Gasteiger partial charge in [0.1, 0.15) is 5.82 Å². The third-order valence-corrected chi connectivity index (χ3v) is 6.65. The van der Waals surface area contributed by atoms with Crippen molar-refractivity contribution in [2.45, 2.75) is 31.3 Å². The van der Waals surface area contributed by atoms with Crippen molar-refractivity contribution < 1.29 is 9.53 Å². The molecular weight excluding hydrogens is 414 g/mol. The van der Waals surface area contributed by atoms with Crippen LogP contribution in [-0.2, 0) is 9.53 Å². The van der Waals surface area contributed by atoms with Crippen molar-refractivity contribution in [3.8, 4) is 0 Å². The Labute approximate surface area is 184 Å². The summed E-state index contributed by atoms with van der Waals surface area (Å²) in [6.07, 6.45) is 7.99. The van der Waals surface area contributed by atoms with E-state index in [1.54, 1.807) is 22.4 Å². The van der Waals surface area contributed by atoms with Crippen LogP contribution in [0.5, 0.6) is 0 Å². The van der Waals surface area contributed by atoms with Crippen LogP contribution in [0, 0.1) is 0 Å². The van der Waals surface area contributed by atoms with Gasteiger partial charge in [0.25, 0.3) is 0 Å². The molecule has 0 aromatic carbocycles. The fourth-order valence-electron chi connectivity index (χ4n) is 4.10. The Morgan fingerprint density at radius 2 is 2.16 bits per heavy atom. The van der Waals surface area contributed by atoms with Crippen molar-refractivity contribution in [2.75, 3.05) is 36.9 Å². The van der Waals surface area contributed by atoms with Crippen LogP contribution in [0.3, 0.4) is 0 Å². The van der Waals surface area contributed by atoms with Crippen molar-refractivity contribution in [1.29, 1.82) is 0 Å². The van der Waals surface area contributed by atoms with Crippen LogP contribution in [0.1, 0.15) is 25.3 Å². The highest BCUT2D eigenvalue weighted by atomic mass is 32.1. The molecule has 2 aliphatic heterocycles. The number of hydrogen-bond acceptors (Lipinski definition) is 8. The van der Waals surface area contributed by atoms with E-state index in [0.29, 0.717) is 18.5 Å². The lowest BCUT2D eigenvalue weighted by molar-refractivity contribution is -0.125. The van der Waals surface area contributed by atoms with E-state index in [0.717, 1.165) is 60.7 Å². The van der Waals surface area contributed by atoms with Crippen LogP contribution in [0.15, 0.2) is 36.5 Å². The summed E-state index contributed by atoms with van der Waals surface area (Å²) in [6.45, 7) is 6.49. The zero-order valence-electron chi connectivity index (χ0n) is 17.2. The first-order chi connectivity index (χ1) is 15.2. The first kappa shape index (κ1) is 20.0. The lowest BCUT2D eigenvalue weighted by Gasteiger charge is -2.22. The molecule has 2 N–H and O–H groups in total. The van der Waals surface area contributed by atoms with Gasteiger partial charge >= 0.3 is 0 Å². The minimum Gasteiger partial charge on any atom is -0.381 e. The number of likely N-dealkylation sites (tertiary alicyclic amines) is 1. The minimum absolute atomic E-state index is 0.0304. The number of ether oxygens (including phenoxy) is 1. The van der Waals surface area contributed by atoms with E-state index >= 15 is 0 Å². The second-order valence-corrected chi connectivity index (χ2v) is 8.74. The summed E-state index contributed by atoms with van der Waals surface area (Å²) in [6, 6.07) is 2.50. The summed E-state index contributed by atoms with van der Waals surface area (Å²) in [5, 5.41) is 13.3. The van der Waals surface area contributed by atoms with E-state index in [1.807, 2.05) is 22.3 Å². The number of carbonyl (C=O) groups is 1. The summed E-state index contributed by atoms with van der Waals surface area (Å²) in [4.78, 5) is 23.1. The van der Waals surface area contributed by atoms with E-state index in [9.17, 15) is 4.79 Å². The number of rotatable bonds is 6. The van der Waals surface area contributed by atoms with Gasteiger partial charge in [-0.2, -0.15) is 10.1 Å². The first-order valence-corrected chi connectivity index (χ1v) is 11.4. The van der Waals surface area contributed by atoms with Gasteiger partial charge in [0.15, 0.2) is 0 Å². The van der Waals surface area contributed by atoms with Gasteiger partial charge in [-0.3, -0.25) is 9.48 Å². The predicted molar refractivity (Wildman–Crippen MR) is 121 cm³/mol. The molecule has 2 fully saturated rings. The number of anilines is 3. The van der Waals surface area contributed by atoms with E-state index in [-0.39, 0.29) is 11.9 Å². The number of aromatic nitrogens is 4. The minimum atomic E-state index is -0.0304. The Hall–Kier alpha value is -2.98. The average Bonchev–Trinajstić information content (AvgIpc) is 3.55. The average molecular weight is 440 g/mol. The van der Waals surface area contributed by atoms with Gasteiger partial charge < -0.3 is 20.3 Å². The van der Waals surface area contributed by atoms with Crippen LogP contribution in [-0.4, -0.2) is 62.9 Å². The van der Waals surface area contributed by atoms with Gasteiger partial charge in [-0.1, -0.05) is 6.58 Å². The number of carbonyl (C=O) groups excluding carboxylic acids is 1. The SMILES string of the molecule is C=CC(=O)N1CC[C@@H](Nc2nc(Nc3cnn(C4CCOCC4)c3)nc3ccsc23)C1. The Bertz CT molecular complexity index is 1090. The number of amides is 1. The lowest BCUT2D eigenvalue weighted by atomic mass is 10.1. The molecule has 0 radical (unpaired) electrons. The molecule has 2 saturated heterocycles. The van der Waals surface area contributed by atoms with Crippen LogP contribution < -0.4 is 10.6 Å². The first-order valence-electron chi connectivity index (χ1n) is 10.5. The summed E-state index contributed by atoms with van der Waals surface area (Å²) < 4.78 is 8.45. The van der Waals surface area contributed by atoms with E-state index in [4.69, 9.17) is 9.72 Å². The predicted octanol–water partition coefficient (Wildman–Crippen LogP) is 3.18. The Kier molecular flexibility index (Phi) is 5.56. The third-order valence-electron chi connectivity index (χ3n) is 5.74. The highest BCUT2D eigenvalue weighted by molar-refractivity contribution is 7.17. The molecule has 0 aliphatic carbocycles. The fraction of sp³-hybridized carbons (Fsp3) is 0.429. The number of hydrogen-bond donors (Lipinski definition) is 2. The fourth-order valence-corrected chi connectivity index (χ4v) is 4.88. The van der Waals surface area contributed by atoms with Gasteiger partial charge in [0, 0.05) is 38.5 Å². The van der Waals surface area contributed by atoms with E-state index < -0.39 is 0 Å². The largest absolute Gasteiger partial charge is 0.381 e. The molecule has 3 aromatic rings. The van der Waals surface area contributed by atoms with Crippen molar-refractivity contribution in [3.05, 3.63) is 36.5 Å². The molecule has 2 aliphatic rings. The topological polar surface area (TPSA) is 97.2 Å². The molecule has 1 amide bonds. The second kappa shape index (κ2) is 8.64. The second-order valence-electron chi connectivity index (χ2n) is 7.83. The molecular formula is C21H25N7O2S. The molecule has 5 rings (SSSR count). The molecule has 162 valence electrons. The van der Waals surface area contributed by atoms with Crippen LogP contribution >= 0.6 is 11.3 Å². The summed E-state index contributed by atoms with van der Waals surface area (Å²) in [5.74, 6) is 1.28. The molecule has 5 heterocycles. The molecule has 0 unspecified atom stereocenters. The number of fused-ring (bicyclic) bond motifs is 1. The van der Waals surface area contributed by atoms with E-state index in [2.05, 4.69) is 27.3 Å². The third kappa shape index (κ3) is 4.26. The van der Waals surface area contributed by atoms with Gasteiger partial charge in [0.05, 0.1) is 28.1 Å². The maximum absolute atomic E-state index is 11.9. The lowest BCUT2D eigenvalue weighted by Crippen LogP contribution is -2.30. The van der Waals surface area contributed by atoms with Crippen molar-refractivity contribution >= 4 is 44.9 Å². The molecule has 0 saturated carbocycles. The van der Waals surface area contributed by atoms with Crippen molar-refractivity contribution in [3.63, 3.8) is 0 Å². The zero-order valence-corrected chi connectivity index (χ0v) is 18.0. The summed E-state index contributed by atoms with van der Waals surface area (Å²) >= 11 is 1.61. The zero-order chi connectivity index (χ0) is 21.2. The molecule has 0 spiro atoms. The Balaban J connectivity index is 1.33. The Morgan fingerprint density at radius 1 is 1.29 bits per heavy atom. The normalized spacial score (nSPS) is 19.6. The van der Waals surface area contributed by atoms with Gasteiger partial charge in [-0.15, -0.1) is 11.3 Å².